The van der Waals surface area contributed by atoms with Gasteiger partial charge in [-0.1, -0.05) is 13.8 Å². The maximum Gasteiger partial charge on any atom is 0.315 e. The predicted molar refractivity (Wildman–Crippen MR) is 88.0 cm³/mol. The molecule has 0 bridgehead atoms. The molecular weight excluding hydrogens is 296 g/mol. The van der Waals surface area contributed by atoms with Crippen LogP contribution in [0.3, 0.4) is 0 Å². The zero-order valence-electron chi connectivity index (χ0n) is 14.8. The molecule has 4 atom stereocenters. The summed E-state index contributed by atoms with van der Waals surface area (Å²) in [6, 6.07) is 0. The second-order valence-electron chi connectivity index (χ2n) is 8.22. The minimum absolute atomic E-state index is 0.116. The molecule has 0 saturated heterocycles. The van der Waals surface area contributed by atoms with Crippen LogP contribution in [-0.2, 0) is 18.8 Å². The highest BCUT2D eigenvalue weighted by Gasteiger charge is 2.69. The van der Waals surface area contributed by atoms with Crippen molar-refractivity contribution >= 4 is 20.1 Å². The second kappa shape index (κ2) is 5.75. The van der Waals surface area contributed by atoms with Gasteiger partial charge in [-0.2, -0.15) is 0 Å². The standard InChI is InChI=1S/C17H30O4Si/c1-12-7-9-16(15(19)20-3)13(2)8-10-17(16,14(18)11-12)21-22(4,5)6/h12-13H,7-11H2,1-6H3/t12-,13-,16+,17-/m1/s1. The van der Waals surface area contributed by atoms with Crippen molar-refractivity contribution in [2.24, 2.45) is 17.3 Å². The summed E-state index contributed by atoms with van der Waals surface area (Å²) >= 11 is 0. The Labute approximate surface area is 135 Å². The van der Waals surface area contributed by atoms with E-state index in [1.165, 1.54) is 7.11 Å². The van der Waals surface area contributed by atoms with Crippen LogP contribution >= 0.6 is 0 Å². The number of ketones is 1. The number of hydrogen-bond acceptors (Lipinski definition) is 4. The van der Waals surface area contributed by atoms with E-state index in [0.717, 1.165) is 12.8 Å². The van der Waals surface area contributed by atoms with Gasteiger partial charge in [0.1, 0.15) is 11.0 Å². The van der Waals surface area contributed by atoms with E-state index < -0.39 is 19.3 Å². The van der Waals surface area contributed by atoms with Gasteiger partial charge in [0.15, 0.2) is 14.1 Å². The minimum Gasteiger partial charge on any atom is -0.468 e. The van der Waals surface area contributed by atoms with E-state index in [4.69, 9.17) is 9.16 Å². The molecule has 2 saturated carbocycles. The van der Waals surface area contributed by atoms with Gasteiger partial charge in [-0.25, -0.2) is 0 Å². The summed E-state index contributed by atoms with van der Waals surface area (Å²) in [5.74, 6) is 0.285. The van der Waals surface area contributed by atoms with Crippen molar-refractivity contribution in [2.45, 2.75) is 71.2 Å². The molecule has 0 amide bonds. The Kier molecular flexibility index (Phi) is 4.62. The molecular formula is C17H30O4Si. The Balaban J connectivity index is 2.62. The molecule has 0 unspecified atom stereocenters. The molecule has 22 heavy (non-hydrogen) atoms. The molecule has 2 fully saturated rings. The van der Waals surface area contributed by atoms with Crippen LogP contribution in [0.2, 0.25) is 19.6 Å². The van der Waals surface area contributed by atoms with Gasteiger partial charge in [-0.15, -0.1) is 0 Å². The van der Waals surface area contributed by atoms with Gasteiger partial charge in [0.05, 0.1) is 7.11 Å². The smallest absolute Gasteiger partial charge is 0.315 e. The molecule has 0 spiro atoms. The maximum atomic E-state index is 13.2. The van der Waals surface area contributed by atoms with Crippen molar-refractivity contribution in [3.8, 4) is 0 Å². The topological polar surface area (TPSA) is 52.6 Å². The number of carbonyl (C=O) groups excluding carboxylic acids is 2. The third kappa shape index (κ3) is 2.56. The molecule has 2 aliphatic carbocycles. The Hall–Kier alpha value is -0.683. The van der Waals surface area contributed by atoms with E-state index in [9.17, 15) is 9.59 Å². The molecule has 5 heteroatoms. The Morgan fingerprint density at radius 3 is 2.36 bits per heavy atom. The number of rotatable bonds is 3. The molecule has 0 aliphatic heterocycles. The average Bonchev–Trinajstić information content (AvgIpc) is 2.63. The summed E-state index contributed by atoms with van der Waals surface area (Å²) in [6.45, 7) is 10.4. The largest absolute Gasteiger partial charge is 0.468 e. The van der Waals surface area contributed by atoms with Crippen LogP contribution in [0.4, 0.5) is 0 Å². The first-order chi connectivity index (χ1) is 10.1. The van der Waals surface area contributed by atoms with Crippen molar-refractivity contribution in [1.82, 2.24) is 0 Å². The first-order valence-electron chi connectivity index (χ1n) is 8.41. The monoisotopic (exact) mass is 326 g/mol. The fourth-order valence-corrected chi connectivity index (χ4v) is 6.00. The summed E-state index contributed by atoms with van der Waals surface area (Å²) in [5.41, 5.74) is -1.77. The number of Topliss-reactive ketones (excluding diaryl/α,β-unsaturated/α-hetero) is 1. The van der Waals surface area contributed by atoms with E-state index in [2.05, 4.69) is 33.5 Å². The van der Waals surface area contributed by atoms with Crippen molar-refractivity contribution in [3.05, 3.63) is 0 Å². The molecule has 2 aliphatic rings. The van der Waals surface area contributed by atoms with Gasteiger partial charge < -0.3 is 9.16 Å². The van der Waals surface area contributed by atoms with Crippen LogP contribution in [0.5, 0.6) is 0 Å². The van der Waals surface area contributed by atoms with Gasteiger partial charge in [-0.05, 0) is 57.2 Å². The Morgan fingerprint density at radius 1 is 1.18 bits per heavy atom. The highest BCUT2D eigenvalue weighted by molar-refractivity contribution is 6.70. The van der Waals surface area contributed by atoms with Crippen molar-refractivity contribution in [1.29, 1.82) is 0 Å². The van der Waals surface area contributed by atoms with Crippen molar-refractivity contribution < 1.29 is 18.8 Å². The molecule has 0 heterocycles. The fraction of sp³-hybridized carbons (Fsp3) is 0.882. The lowest BCUT2D eigenvalue weighted by Gasteiger charge is -2.46. The SMILES string of the molecule is COC(=O)[C@@]12CC[C@@H](C)CC(=O)[C@]1(O[Si](C)(C)C)CC[C@H]2C. The van der Waals surface area contributed by atoms with Gasteiger partial charge in [-0.3, -0.25) is 9.59 Å². The maximum absolute atomic E-state index is 13.2. The Morgan fingerprint density at radius 2 is 1.82 bits per heavy atom. The summed E-state index contributed by atoms with van der Waals surface area (Å²) in [5, 5.41) is 0. The number of fused-ring (bicyclic) bond motifs is 1. The molecule has 126 valence electrons. The molecule has 4 nitrogen and oxygen atoms in total. The molecule has 0 aromatic rings. The summed E-state index contributed by atoms with van der Waals surface area (Å²) in [4.78, 5) is 26.0. The van der Waals surface area contributed by atoms with Gasteiger partial charge in [0.2, 0.25) is 0 Å². The van der Waals surface area contributed by atoms with E-state index in [0.29, 0.717) is 25.2 Å². The highest BCUT2D eigenvalue weighted by atomic mass is 28.4. The van der Waals surface area contributed by atoms with Crippen molar-refractivity contribution in [3.63, 3.8) is 0 Å². The second-order valence-corrected chi connectivity index (χ2v) is 12.6. The van der Waals surface area contributed by atoms with Crippen LogP contribution in [-0.4, -0.2) is 32.8 Å². The number of hydrogen-bond donors (Lipinski definition) is 0. The number of carbonyl (C=O) groups is 2. The van der Waals surface area contributed by atoms with Gasteiger partial charge in [0.25, 0.3) is 0 Å². The first kappa shape index (κ1) is 17.7. The fourth-order valence-electron chi connectivity index (χ4n) is 4.55. The van der Waals surface area contributed by atoms with Crippen LogP contribution in [0.1, 0.15) is 46.0 Å². The van der Waals surface area contributed by atoms with E-state index in [1.807, 2.05) is 0 Å². The zero-order chi connectivity index (χ0) is 16.8. The first-order valence-corrected chi connectivity index (χ1v) is 11.8. The van der Waals surface area contributed by atoms with Crippen LogP contribution in [0.25, 0.3) is 0 Å². The summed E-state index contributed by atoms with van der Waals surface area (Å²) in [7, 11) is -0.559. The van der Waals surface area contributed by atoms with Gasteiger partial charge in [0, 0.05) is 6.42 Å². The highest BCUT2D eigenvalue weighted by Crippen LogP contribution is 2.59. The number of esters is 1. The van der Waals surface area contributed by atoms with Crippen molar-refractivity contribution in [2.75, 3.05) is 7.11 Å². The molecule has 2 rings (SSSR count). The minimum atomic E-state index is -1.99. The lowest BCUT2D eigenvalue weighted by molar-refractivity contribution is -0.176. The average molecular weight is 327 g/mol. The van der Waals surface area contributed by atoms with Crippen LogP contribution in [0, 0.1) is 17.3 Å². The summed E-state index contributed by atoms with van der Waals surface area (Å²) < 4.78 is 11.7. The van der Waals surface area contributed by atoms with E-state index in [1.54, 1.807) is 0 Å². The third-order valence-corrected chi connectivity index (χ3v) is 6.50. The summed E-state index contributed by atoms with van der Waals surface area (Å²) in [6.07, 6.45) is 3.58. The lowest BCUT2D eigenvalue weighted by Crippen LogP contribution is -2.61. The number of ether oxygens (including phenoxy) is 1. The Bertz CT molecular complexity index is 470. The number of methoxy groups -OCH3 is 1. The normalized spacial score (nSPS) is 39.3. The van der Waals surface area contributed by atoms with Crippen LogP contribution < -0.4 is 0 Å². The molecule has 0 aromatic carbocycles. The van der Waals surface area contributed by atoms with Crippen LogP contribution in [0.15, 0.2) is 0 Å². The zero-order valence-corrected chi connectivity index (χ0v) is 15.8. The predicted octanol–water partition coefficient (Wildman–Crippen LogP) is 3.56. The molecule has 0 radical (unpaired) electrons. The quantitative estimate of drug-likeness (QED) is 0.588. The van der Waals surface area contributed by atoms with E-state index in [-0.39, 0.29) is 17.7 Å². The lowest BCUT2D eigenvalue weighted by atomic mass is 9.66. The van der Waals surface area contributed by atoms with E-state index >= 15 is 0 Å². The van der Waals surface area contributed by atoms with Gasteiger partial charge >= 0.3 is 5.97 Å². The third-order valence-electron chi connectivity index (χ3n) is 5.54. The molecule has 0 aromatic heterocycles. The molecule has 0 N–H and O–H groups in total.